The molecule has 37 heavy (non-hydrogen) atoms. The van der Waals surface area contributed by atoms with Crippen molar-refractivity contribution in [2.75, 3.05) is 39.5 Å². The minimum Gasteiger partial charge on any atom is -0.489 e. The third-order valence-corrected chi connectivity index (χ3v) is 7.03. The van der Waals surface area contributed by atoms with Crippen LogP contribution in [0.5, 0.6) is 5.75 Å². The maximum Gasteiger partial charge on any atom is 0.220 e. The number of hydrogen-bond acceptors (Lipinski definition) is 5. The first-order valence-corrected chi connectivity index (χ1v) is 13.7. The molecule has 0 aliphatic carbocycles. The van der Waals surface area contributed by atoms with Crippen LogP contribution >= 0.6 is 0 Å². The lowest BCUT2D eigenvalue weighted by molar-refractivity contribution is -0.122. The number of hydrogen-bond donors (Lipinski definition) is 1. The van der Waals surface area contributed by atoms with Gasteiger partial charge in [-0.05, 0) is 61.8 Å². The van der Waals surface area contributed by atoms with Crippen LogP contribution in [0.1, 0.15) is 49.7 Å². The molecule has 2 aromatic rings. The van der Waals surface area contributed by atoms with Crippen LogP contribution in [-0.4, -0.2) is 68.6 Å². The first kappa shape index (κ1) is 27.6. The Morgan fingerprint density at radius 3 is 2.54 bits per heavy atom. The Hall–Kier alpha value is -2.48. The summed E-state index contributed by atoms with van der Waals surface area (Å²) < 4.78 is 30.9. The average Bonchev–Trinajstić information content (AvgIpc) is 3.33. The van der Waals surface area contributed by atoms with Gasteiger partial charge < -0.3 is 19.5 Å². The molecule has 2 aliphatic rings. The van der Waals surface area contributed by atoms with Gasteiger partial charge in [-0.2, -0.15) is 0 Å². The van der Waals surface area contributed by atoms with Crippen LogP contribution in [-0.2, 0) is 27.3 Å². The highest BCUT2D eigenvalue weighted by Crippen LogP contribution is 2.18. The normalized spacial score (nSPS) is 19.5. The second-order valence-electron chi connectivity index (χ2n) is 10.2. The third kappa shape index (κ3) is 10.1. The molecule has 2 atom stereocenters. The van der Waals surface area contributed by atoms with Crippen molar-refractivity contribution in [2.45, 2.75) is 69.9 Å². The molecule has 2 aliphatic heterocycles. The zero-order valence-electron chi connectivity index (χ0n) is 21.8. The number of halogens is 1. The van der Waals surface area contributed by atoms with Gasteiger partial charge in [0.25, 0.3) is 0 Å². The Kier molecular flexibility index (Phi) is 11.2. The lowest BCUT2D eigenvalue weighted by Gasteiger charge is -2.25. The Balaban J connectivity index is 1.22. The minimum absolute atomic E-state index is 0.0508. The van der Waals surface area contributed by atoms with E-state index in [0.29, 0.717) is 51.7 Å². The van der Waals surface area contributed by atoms with Gasteiger partial charge >= 0.3 is 0 Å². The molecule has 0 saturated carbocycles. The van der Waals surface area contributed by atoms with Gasteiger partial charge in [0.2, 0.25) is 5.91 Å². The lowest BCUT2D eigenvalue weighted by atomic mass is 10.0. The second kappa shape index (κ2) is 15.1. The Morgan fingerprint density at radius 1 is 1.03 bits per heavy atom. The molecule has 4 rings (SSSR count). The van der Waals surface area contributed by atoms with Crippen molar-refractivity contribution in [1.29, 1.82) is 0 Å². The molecule has 2 saturated heterocycles. The van der Waals surface area contributed by atoms with Gasteiger partial charge in [-0.1, -0.05) is 42.5 Å². The van der Waals surface area contributed by atoms with E-state index in [0.717, 1.165) is 62.3 Å². The molecule has 6 nitrogen and oxygen atoms in total. The largest absolute Gasteiger partial charge is 0.489 e. The van der Waals surface area contributed by atoms with E-state index in [2.05, 4.69) is 22.3 Å². The number of carbonyl (C=O) groups excluding carboxylic acids is 1. The first-order valence-electron chi connectivity index (χ1n) is 13.7. The third-order valence-electron chi connectivity index (χ3n) is 7.03. The highest BCUT2D eigenvalue weighted by atomic mass is 19.1. The molecule has 2 fully saturated rings. The van der Waals surface area contributed by atoms with Crippen LogP contribution in [0.25, 0.3) is 0 Å². The summed E-state index contributed by atoms with van der Waals surface area (Å²) in [6.07, 6.45) is 4.85. The summed E-state index contributed by atoms with van der Waals surface area (Å²) in [5, 5.41) is 3.22. The molecule has 0 bridgehead atoms. The van der Waals surface area contributed by atoms with Crippen LogP contribution in [0.4, 0.5) is 4.39 Å². The predicted octanol–water partition coefficient (Wildman–Crippen LogP) is 4.70. The maximum atomic E-state index is 13.8. The van der Waals surface area contributed by atoms with Gasteiger partial charge in [-0.3, -0.25) is 9.69 Å². The van der Waals surface area contributed by atoms with Gasteiger partial charge in [0.1, 0.15) is 18.5 Å². The summed E-state index contributed by atoms with van der Waals surface area (Å²) in [6, 6.07) is 18.1. The molecule has 0 spiro atoms. The highest BCUT2D eigenvalue weighted by molar-refractivity contribution is 5.76. The molecule has 1 amide bonds. The molecular formula is C30H41FN2O4. The fourth-order valence-electron chi connectivity index (χ4n) is 4.95. The van der Waals surface area contributed by atoms with Crippen molar-refractivity contribution < 1.29 is 23.4 Å². The summed E-state index contributed by atoms with van der Waals surface area (Å²) in [7, 11) is 0. The van der Waals surface area contributed by atoms with E-state index in [1.165, 1.54) is 0 Å². The van der Waals surface area contributed by atoms with E-state index in [4.69, 9.17) is 14.2 Å². The number of benzene rings is 2. The summed E-state index contributed by atoms with van der Waals surface area (Å²) in [4.78, 5) is 14.9. The van der Waals surface area contributed by atoms with Gasteiger partial charge in [-0.25, -0.2) is 4.39 Å². The van der Waals surface area contributed by atoms with Crippen LogP contribution in [0, 0.1) is 0 Å². The van der Waals surface area contributed by atoms with Crippen molar-refractivity contribution >= 4 is 5.91 Å². The Bertz CT molecular complexity index is 921. The standard InChI is InChI=1S/C30H41FN2O4/c31-26-13-16-33(21-26)22-27(32-30(34)8-4-5-17-36-29-14-18-35-19-15-29)20-24-9-11-28(12-10-24)37-23-25-6-2-1-3-7-25/h1-3,6-7,9-12,26-27,29H,4-5,8,13-23H2,(H,32,34)/t26-,27+/m1/s1. The lowest BCUT2D eigenvalue weighted by Crippen LogP contribution is -2.44. The quantitative estimate of drug-likeness (QED) is 0.372. The highest BCUT2D eigenvalue weighted by Gasteiger charge is 2.25. The molecular weight excluding hydrogens is 471 g/mol. The molecule has 202 valence electrons. The first-order chi connectivity index (χ1) is 18.1. The van der Waals surface area contributed by atoms with Crippen LogP contribution in [0.2, 0.25) is 0 Å². The van der Waals surface area contributed by atoms with E-state index in [9.17, 15) is 9.18 Å². The molecule has 7 heteroatoms. The monoisotopic (exact) mass is 512 g/mol. The minimum atomic E-state index is -0.770. The van der Waals surface area contributed by atoms with E-state index < -0.39 is 6.17 Å². The smallest absolute Gasteiger partial charge is 0.220 e. The van der Waals surface area contributed by atoms with Gasteiger partial charge in [0.05, 0.1) is 6.10 Å². The number of nitrogens with zero attached hydrogens (tertiary/aromatic N) is 1. The fraction of sp³-hybridized carbons (Fsp3) is 0.567. The van der Waals surface area contributed by atoms with Gasteiger partial charge in [-0.15, -0.1) is 0 Å². The predicted molar refractivity (Wildman–Crippen MR) is 142 cm³/mol. The van der Waals surface area contributed by atoms with Crippen molar-refractivity contribution in [3.63, 3.8) is 0 Å². The van der Waals surface area contributed by atoms with Crippen LogP contribution in [0.3, 0.4) is 0 Å². The molecule has 2 aromatic carbocycles. The average molecular weight is 513 g/mol. The van der Waals surface area contributed by atoms with E-state index in [1.807, 2.05) is 42.5 Å². The van der Waals surface area contributed by atoms with Crippen LogP contribution < -0.4 is 10.1 Å². The zero-order valence-corrected chi connectivity index (χ0v) is 21.8. The number of likely N-dealkylation sites (tertiary alicyclic amines) is 1. The number of nitrogens with one attached hydrogen (secondary N) is 1. The zero-order chi connectivity index (χ0) is 25.7. The Morgan fingerprint density at radius 2 is 1.81 bits per heavy atom. The van der Waals surface area contributed by atoms with Gasteiger partial charge in [0, 0.05) is 51.9 Å². The summed E-state index contributed by atoms with van der Waals surface area (Å²) in [5.74, 6) is 0.867. The molecule has 0 unspecified atom stereocenters. The second-order valence-corrected chi connectivity index (χ2v) is 10.2. The number of amides is 1. The number of ether oxygens (including phenoxy) is 3. The van der Waals surface area contributed by atoms with Crippen molar-refractivity contribution in [2.24, 2.45) is 0 Å². The number of rotatable bonds is 14. The fourth-order valence-corrected chi connectivity index (χ4v) is 4.95. The summed E-state index contributed by atoms with van der Waals surface area (Å²) in [6.45, 7) is 4.61. The van der Waals surface area contributed by atoms with Crippen LogP contribution in [0.15, 0.2) is 54.6 Å². The molecule has 0 aromatic heterocycles. The van der Waals surface area contributed by atoms with Crippen molar-refractivity contribution in [3.05, 3.63) is 65.7 Å². The van der Waals surface area contributed by atoms with Crippen molar-refractivity contribution in [3.8, 4) is 5.75 Å². The van der Waals surface area contributed by atoms with E-state index in [1.54, 1.807) is 0 Å². The number of unbranched alkanes of at least 4 members (excludes halogenated alkanes) is 1. The molecule has 0 radical (unpaired) electrons. The van der Waals surface area contributed by atoms with E-state index >= 15 is 0 Å². The number of carbonyl (C=O) groups is 1. The van der Waals surface area contributed by atoms with E-state index in [-0.39, 0.29) is 11.9 Å². The summed E-state index contributed by atoms with van der Waals surface area (Å²) in [5.41, 5.74) is 2.25. The number of alkyl halides is 1. The topological polar surface area (TPSA) is 60.0 Å². The summed E-state index contributed by atoms with van der Waals surface area (Å²) >= 11 is 0. The maximum absolute atomic E-state index is 13.8. The molecule has 2 heterocycles. The SMILES string of the molecule is O=C(CCCCOC1CCOCC1)N[C@@H](Cc1ccc(OCc2ccccc2)cc1)CN1CC[C@@H](F)C1. The van der Waals surface area contributed by atoms with Crippen molar-refractivity contribution in [1.82, 2.24) is 10.2 Å². The molecule has 1 N–H and O–H groups in total. The Labute approximate surface area is 220 Å². The van der Waals surface area contributed by atoms with Gasteiger partial charge in [0.15, 0.2) is 0 Å².